The zero-order valence-corrected chi connectivity index (χ0v) is 15.1. The van der Waals surface area contributed by atoms with Crippen molar-refractivity contribution in [3.63, 3.8) is 0 Å². The Morgan fingerprint density at radius 3 is 2.54 bits per heavy atom. The van der Waals surface area contributed by atoms with E-state index in [1.807, 2.05) is 0 Å². The Labute approximate surface area is 146 Å². The summed E-state index contributed by atoms with van der Waals surface area (Å²) in [5, 5.41) is 6.08. The molecular formula is C21H31NO2. The summed E-state index contributed by atoms with van der Waals surface area (Å²) in [4.78, 5) is 0. The van der Waals surface area contributed by atoms with Crippen LogP contribution in [0.15, 0.2) is 36.4 Å². The number of unbranched alkanes of at least 4 members (excludes halogenated alkanes) is 1. The Bertz CT molecular complexity index is 597. The minimum absolute atomic E-state index is 0.761. The number of hydrogen-bond donors (Lipinski definition) is 1. The Balaban J connectivity index is 1.91. The molecule has 2 aromatic carbocycles. The van der Waals surface area contributed by atoms with Crippen molar-refractivity contribution in [3.05, 3.63) is 42.0 Å². The summed E-state index contributed by atoms with van der Waals surface area (Å²) in [5.74, 6) is 1.00. The number of hydrogen-bond acceptors (Lipinski definition) is 3. The third-order valence-corrected chi connectivity index (χ3v) is 4.05. The van der Waals surface area contributed by atoms with Crippen LogP contribution in [-0.4, -0.2) is 26.4 Å². The summed E-state index contributed by atoms with van der Waals surface area (Å²) in [7, 11) is 0. The summed E-state index contributed by atoms with van der Waals surface area (Å²) in [6, 6.07) is 12.8. The minimum Gasteiger partial charge on any atom is -0.493 e. The lowest BCUT2D eigenvalue weighted by Gasteiger charge is -2.15. The van der Waals surface area contributed by atoms with E-state index in [1.165, 1.54) is 22.8 Å². The van der Waals surface area contributed by atoms with Crippen molar-refractivity contribution >= 4 is 10.8 Å². The topological polar surface area (TPSA) is 30.5 Å². The maximum atomic E-state index is 5.95. The molecule has 132 valence electrons. The smallest absolute Gasteiger partial charge is 0.124 e. The monoisotopic (exact) mass is 329 g/mol. The van der Waals surface area contributed by atoms with Gasteiger partial charge in [0.25, 0.3) is 0 Å². The van der Waals surface area contributed by atoms with Crippen LogP contribution in [0, 0.1) is 0 Å². The van der Waals surface area contributed by atoms with Crippen molar-refractivity contribution in [2.75, 3.05) is 26.4 Å². The maximum absolute atomic E-state index is 5.95. The fourth-order valence-corrected chi connectivity index (χ4v) is 2.71. The van der Waals surface area contributed by atoms with E-state index in [0.29, 0.717) is 0 Å². The van der Waals surface area contributed by atoms with Crippen LogP contribution in [-0.2, 0) is 11.3 Å². The fourth-order valence-electron chi connectivity index (χ4n) is 2.71. The number of rotatable bonds is 12. The summed E-state index contributed by atoms with van der Waals surface area (Å²) >= 11 is 0. The van der Waals surface area contributed by atoms with Gasteiger partial charge in [0.1, 0.15) is 5.75 Å². The first kappa shape index (κ1) is 18.8. The van der Waals surface area contributed by atoms with Gasteiger partial charge in [-0.05, 0) is 42.6 Å². The molecule has 0 aliphatic heterocycles. The summed E-state index contributed by atoms with van der Waals surface area (Å²) in [6.45, 7) is 8.59. The molecule has 2 rings (SSSR count). The molecule has 0 saturated heterocycles. The van der Waals surface area contributed by atoms with E-state index in [-0.39, 0.29) is 0 Å². The molecule has 0 atom stereocenters. The SMILES string of the molecule is CCCCOCCCNCc1c(OCCC)ccc2ccccc12. The van der Waals surface area contributed by atoms with E-state index in [2.05, 4.69) is 55.6 Å². The van der Waals surface area contributed by atoms with Gasteiger partial charge in [0.15, 0.2) is 0 Å². The van der Waals surface area contributed by atoms with Crippen LogP contribution in [0.3, 0.4) is 0 Å². The Morgan fingerprint density at radius 1 is 0.875 bits per heavy atom. The molecule has 0 amide bonds. The van der Waals surface area contributed by atoms with E-state index < -0.39 is 0 Å². The van der Waals surface area contributed by atoms with E-state index in [9.17, 15) is 0 Å². The Hall–Kier alpha value is -1.58. The highest BCUT2D eigenvalue weighted by Gasteiger charge is 2.08. The average molecular weight is 329 g/mol. The molecule has 0 aromatic heterocycles. The van der Waals surface area contributed by atoms with Crippen LogP contribution in [0.1, 0.15) is 45.1 Å². The van der Waals surface area contributed by atoms with E-state index in [1.54, 1.807) is 0 Å². The Morgan fingerprint density at radius 2 is 1.71 bits per heavy atom. The van der Waals surface area contributed by atoms with Crippen LogP contribution in [0.25, 0.3) is 10.8 Å². The second-order valence-corrected chi connectivity index (χ2v) is 6.11. The van der Waals surface area contributed by atoms with Gasteiger partial charge in [-0.2, -0.15) is 0 Å². The van der Waals surface area contributed by atoms with Gasteiger partial charge < -0.3 is 14.8 Å². The molecule has 0 radical (unpaired) electrons. The molecule has 0 bridgehead atoms. The molecule has 0 aliphatic carbocycles. The van der Waals surface area contributed by atoms with Crippen molar-refractivity contribution in [2.45, 2.75) is 46.1 Å². The van der Waals surface area contributed by atoms with Gasteiger partial charge in [-0.15, -0.1) is 0 Å². The molecule has 24 heavy (non-hydrogen) atoms. The number of fused-ring (bicyclic) bond motifs is 1. The molecule has 0 heterocycles. The summed E-state index contributed by atoms with van der Waals surface area (Å²) in [5.41, 5.74) is 1.26. The standard InChI is InChI=1S/C21H31NO2/c1-3-5-15-23-16-8-13-22-17-20-19-10-7-6-9-18(19)11-12-21(20)24-14-4-2/h6-7,9-12,22H,3-5,8,13-17H2,1-2H3. The highest BCUT2D eigenvalue weighted by molar-refractivity contribution is 5.87. The second-order valence-electron chi connectivity index (χ2n) is 6.11. The second kappa shape index (κ2) is 11.1. The summed E-state index contributed by atoms with van der Waals surface area (Å²) in [6.07, 6.45) is 4.41. The fraction of sp³-hybridized carbons (Fsp3) is 0.524. The molecule has 0 saturated carbocycles. The quantitative estimate of drug-likeness (QED) is 0.560. The lowest BCUT2D eigenvalue weighted by atomic mass is 10.0. The predicted molar refractivity (Wildman–Crippen MR) is 102 cm³/mol. The van der Waals surface area contributed by atoms with Gasteiger partial charge in [-0.1, -0.05) is 50.6 Å². The van der Waals surface area contributed by atoms with Gasteiger partial charge in [0, 0.05) is 25.3 Å². The third-order valence-electron chi connectivity index (χ3n) is 4.05. The van der Waals surface area contributed by atoms with Crippen molar-refractivity contribution in [3.8, 4) is 5.75 Å². The highest BCUT2D eigenvalue weighted by Crippen LogP contribution is 2.28. The first-order chi connectivity index (χ1) is 11.9. The van der Waals surface area contributed by atoms with E-state index >= 15 is 0 Å². The zero-order valence-electron chi connectivity index (χ0n) is 15.1. The van der Waals surface area contributed by atoms with Gasteiger partial charge in [0.2, 0.25) is 0 Å². The maximum Gasteiger partial charge on any atom is 0.124 e. The highest BCUT2D eigenvalue weighted by atomic mass is 16.5. The normalized spacial score (nSPS) is 11.1. The first-order valence-electron chi connectivity index (χ1n) is 9.28. The molecule has 3 nitrogen and oxygen atoms in total. The van der Waals surface area contributed by atoms with Gasteiger partial charge in [-0.3, -0.25) is 0 Å². The molecule has 0 spiro atoms. The minimum atomic E-state index is 0.761. The molecule has 0 fully saturated rings. The molecule has 0 unspecified atom stereocenters. The van der Waals surface area contributed by atoms with Crippen molar-refractivity contribution < 1.29 is 9.47 Å². The van der Waals surface area contributed by atoms with Crippen molar-refractivity contribution in [2.24, 2.45) is 0 Å². The predicted octanol–water partition coefficient (Wildman–Crippen LogP) is 4.93. The van der Waals surface area contributed by atoms with Gasteiger partial charge in [0.05, 0.1) is 6.61 Å². The molecule has 0 aliphatic rings. The van der Waals surface area contributed by atoms with Gasteiger partial charge >= 0.3 is 0 Å². The Kier molecular flexibility index (Phi) is 8.64. The molecular weight excluding hydrogens is 298 g/mol. The molecule has 2 aromatic rings. The van der Waals surface area contributed by atoms with Crippen molar-refractivity contribution in [1.82, 2.24) is 5.32 Å². The number of benzene rings is 2. The van der Waals surface area contributed by atoms with Crippen LogP contribution in [0.5, 0.6) is 5.75 Å². The van der Waals surface area contributed by atoms with Crippen LogP contribution in [0.2, 0.25) is 0 Å². The van der Waals surface area contributed by atoms with Gasteiger partial charge in [-0.25, -0.2) is 0 Å². The lowest BCUT2D eigenvalue weighted by Crippen LogP contribution is -2.17. The largest absolute Gasteiger partial charge is 0.493 e. The zero-order chi connectivity index (χ0) is 17.0. The van der Waals surface area contributed by atoms with E-state index in [4.69, 9.17) is 9.47 Å². The number of ether oxygens (including phenoxy) is 2. The molecule has 3 heteroatoms. The molecule has 1 N–H and O–H groups in total. The first-order valence-corrected chi connectivity index (χ1v) is 9.28. The van der Waals surface area contributed by atoms with Crippen LogP contribution < -0.4 is 10.1 Å². The lowest BCUT2D eigenvalue weighted by molar-refractivity contribution is 0.128. The van der Waals surface area contributed by atoms with Crippen molar-refractivity contribution in [1.29, 1.82) is 0 Å². The number of nitrogens with one attached hydrogen (secondary N) is 1. The average Bonchev–Trinajstić information content (AvgIpc) is 2.62. The van der Waals surface area contributed by atoms with Crippen LogP contribution >= 0.6 is 0 Å². The van der Waals surface area contributed by atoms with E-state index in [0.717, 1.165) is 57.9 Å². The summed E-state index contributed by atoms with van der Waals surface area (Å²) < 4.78 is 11.6. The van der Waals surface area contributed by atoms with Crippen LogP contribution in [0.4, 0.5) is 0 Å². The third kappa shape index (κ3) is 5.81.